The van der Waals surface area contributed by atoms with Gasteiger partial charge in [0.25, 0.3) is 0 Å². The van der Waals surface area contributed by atoms with E-state index in [2.05, 4.69) is 25.7 Å². The first kappa shape index (κ1) is 18.3. The average Bonchev–Trinajstić information content (AvgIpc) is 2.36. The Morgan fingerprint density at radius 1 is 1.10 bits per heavy atom. The van der Waals surface area contributed by atoms with Crippen molar-refractivity contribution in [2.45, 2.75) is 84.9 Å². The molecule has 0 spiro atoms. The largest absolute Gasteiger partial charge is 0.447 e. The Kier molecular flexibility index (Phi) is 8.09. The molecule has 4 nitrogen and oxygen atoms in total. The lowest BCUT2D eigenvalue weighted by molar-refractivity contribution is 0.0123. The molecule has 2 atom stereocenters. The topological polar surface area (TPSA) is 32.8 Å². The number of carbonyl (C=O) groups excluding carboxylic acids is 1. The lowest BCUT2D eigenvalue weighted by atomic mass is 10.1. The molecule has 1 fully saturated rings. The quantitative estimate of drug-likeness (QED) is 0.668. The van der Waals surface area contributed by atoms with Gasteiger partial charge >= 0.3 is 6.09 Å². The Morgan fingerprint density at radius 3 is 2.19 bits per heavy atom. The molecule has 2 unspecified atom stereocenters. The molecule has 1 amide bonds. The van der Waals surface area contributed by atoms with Crippen LogP contribution < -0.4 is 0 Å². The predicted molar refractivity (Wildman–Crippen MR) is 87.6 cm³/mol. The van der Waals surface area contributed by atoms with Gasteiger partial charge in [-0.05, 0) is 40.7 Å². The van der Waals surface area contributed by atoms with Crippen molar-refractivity contribution >= 4 is 6.09 Å². The molecular formula is C17H34N2O2. The maximum Gasteiger partial charge on any atom is 0.410 e. The summed E-state index contributed by atoms with van der Waals surface area (Å²) in [5.74, 6) is 0. The number of unbranched alkanes of at least 4 members (excludes halogenated alkanes) is 4. The van der Waals surface area contributed by atoms with Crippen LogP contribution in [0, 0.1) is 0 Å². The van der Waals surface area contributed by atoms with Crippen LogP contribution in [0.15, 0.2) is 0 Å². The fourth-order valence-electron chi connectivity index (χ4n) is 3.18. The van der Waals surface area contributed by atoms with Gasteiger partial charge in [0, 0.05) is 25.2 Å². The van der Waals surface area contributed by atoms with Crippen LogP contribution >= 0.6 is 0 Å². The monoisotopic (exact) mass is 298 g/mol. The Balaban J connectivity index is 2.37. The molecule has 1 aliphatic heterocycles. The number of nitrogens with zero attached hydrogens (tertiary/aromatic N) is 2. The molecule has 21 heavy (non-hydrogen) atoms. The van der Waals surface area contributed by atoms with E-state index < -0.39 is 0 Å². The first-order chi connectivity index (χ1) is 9.95. The zero-order valence-electron chi connectivity index (χ0n) is 14.6. The van der Waals surface area contributed by atoms with E-state index in [-0.39, 0.29) is 24.3 Å². The summed E-state index contributed by atoms with van der Waals surface area (Å²) in [6.45, 7) is 13.4. The van der Waals surface area contributed by atoms with Gasteiger partial charge in [0.2, 0.25) is 0 Å². The van der Waals surface area contributed by atoms with E-state index >= 15 is 0 Å². The van der Waals surface area contributed by atoms with E-state index in [9.17, 15) is 4.79 Å². The predicted octanol–water partition coefficient (Wildman–Crippen LogP) is 3.90. The van der Waals surface area contributed by atoms with E-state index in [1.54, 1.807) is 0 Å². The number of carbonyl (C=O) groups is 1. The molecule has 4 heteroatoms. The van der Waals surface area contributed by atoms with Gasteiger partial charge in [-0.15, -0.1) is 0 Å². The summed E-state index contributed by atoms with van der Waals surface area (Å²) >= 11 is 0. The van der Waals surface area contributed by atoms with Crippen LogP contribution in [0.25, 0.3) is 0 Å². The molecule has 1 heterocycles. The molecule has 0 N–H and O–H groups in total. The van der Waals surface area contributed by atoms with Gasteiger partial charge in [0.15, 0.2) is 0 Å². The zero-order chi connectivity index (χ0) is 15.8. The second-order valence-electron chi connectivity index (χ2n) is 6.71. The van der Waals surface area contributed by atoms with E-state index in [1.807, 2.05) is 18.7 Å². The van der Waals surface area contributed by atoms with Crippen LogP contribution in [0.3, 0.4) is 0 Å². The molecule has 1 saturated heterocycles. The third-order valence-corrected chi connectivity index (χ3v) is 4.12. The third-order valence-electron chi connectivity index (χ3n) is 4.12. The zero-order valence-corrected chi connectivity index (χ0v) is 14.6. The Labute approximate surface area is 130 Å². The number of rotatable bonds is 7. The summed E-state index contributed by atoms with van der Waals surface area (Å²) in [5, 5.41) is 0. The second kappa shape index (κ2) is 9.29. The third kappa shape index (κ3) is 6.25. The fraction of sp³-hybridized carbons (Fsp3) is 0.941. The highest BCUT2D eigenvalue weighted by atomic mass is 16.6. The van der Waals surface area contributed by atoms with Crippen molar-refractivity contribution in [1.82, 2.24) is 9.80 Å². The van der Waals surface area contributed by atoms with Crippen molar-refractivity contribution in [2.24, 2.45) is 0 Å². The van der Waals surface area contributed by atoms with Crippen molar-refractivity contribution in [3.05, 3.63) is 0 Å². The normalized spacial score (nSPS) is 23.6. The van der Waals surface area contributed by atoms with Gasteiger partial charge in [-0.2, -0.15) is 0 Å². The molecule has 0 aromatic rings. The molecular weight excluding hydrogens is 264 g/mol. The SMILES string of the molecule is CCCCCCCN1CC(C)N(C(=O)OC(C)C)C(C)C1. The number of ether oxygens (including phenoxy) is 1. The highest BCUT2D eigenvalue weighted by Crippen LogP contribution is 2.18. The maximum absolute atomic E-state index is 12.2. The Bertz CT molecular complexity index is 295. The van der Waals surface area contributed by atoms with Crippen LogP contribution in [-0.4, -0.2) is 53.7 Å². The lowest BCUT2D eigenvalue weighted by Gasteiger charge is -2.44. The first-order valence-electron chi connectivity index (χ1n) is 8.67. The lowest BCUT2D eigenvalue weighted by Crippen LogP contribution is -2.59. The van der Waals surface area contributed by atoms with Crippen LogP contribution in [-0.2, 0) is 4.74 Å². The summed E-state index contributed by atoms with van der Waals surface area (Å²) in [4.78, 5) is 16.6. The fourth-order valence-corrected chi connectivity index (χ4v) is 3.18. The summed E-state index contributed by atoms with van der Waals surface area (Å²) in [7, 11) is 0. The Morgan fingerprint density at radius 2 is 1.67 bits per heavy atom. The van der Waals surface area contributed by atoms with Gasteiger partial charge in [-0.3, -0.25) is 4.90 Å². The van der Waals surface area contributed by atoms with Crippen molar-refractivity contribution in [1.29, 1.82) is 0 Å². The molecule has 1 rings (SSSR count). The highest BCUT2D eigenvalue weighted by molar-refractivity contribution is 5.68. The van der Waals surface area contributed by atoms with E-state index in [0.717, 1.165) is 19.6 Å². The molecule has 0 saturated carbocycles. The number of amides is 1. The standard InChI is InChI=1S/C17H34N2O2/c1-6-7-8-9-10-11-18-12-15(4)19(16(5)13-18)17(20)21-14(2)3/h14-16H,6-13H2,1-5H3. The minimum atomic E-state index is -0.160. The molecule has 0 aliphatic carbocycles. The van der Waals surface area contributed by atoms with Crippen LogP contribution in [0.4, 0.5) is 4.79 Å². The average molecular weight is 298 g/mol. The second-order valence-corrected chi connectivity index (χ2v) is 6.71. The molecule has 0 bridgehead atoms. The van der Waals surface area contributed by atoms with Gasteiger partial charge in [0.1, 0.15) is 0 Å². The molecule has 0 aromatic heterocycles. The number of hydrogen-bond acceptors (Lipinski definition) is 3. The molecule has 1 aliphatic rings. The maximum atomic E-state index is 12.2. The van der Waals surface area contributed by atoms with Crippen molar-refractivity contribution < 1.29 is 9.53 Å². The summed E-state index contributed by atoms with van der Waals surface area (Å²) in [6, 6.07) is 0.464. The van der Waals surface area contributed by atoms with Gasteiger partial charge in [-0.1, -0.05) is 32.6 Å². The van der Waals surface area contributed by atoms with Crippen molar-refractivity contribution in [3.63, 3.8) is 0 Å². The van der Waals surface area contributed by atoms with E-state index in [4.69, 9.17) is 4.74 Å². The minimum Gasteiger partial charge on any atom is -0.447 e. The minimum absolute atomic E-state index is 0.0477. The van der Waals surface area contributed by atoms with Gasteiger partial charge in [-0.25, -0.2) is 4.79 Å². The molecule has 0 aromatic carbocycles. The summed E-state index contributed by atoms with van der Waals surface area (Å²) in [6.07, 6.45) is 6.39. The van der Waals surface area contributed by atoms with Gasteiger partial charge < -0.3 is 9.64 Å². The van der Waals surface area contributed by atoms with E-state index in [0.29, 0.717) is 0 Å². The molecule has 124 valence electrons. The van der Waals surface area contributed by atoms with Crippen LogP contribution in [0.1, 0.15) is 66.7 Å². The van der Waals surface area contributed by atoms with Gasteiger partial charge in [0.05, 0.1) is 6.10 Å². The number of hydrogen-bond donors (Lipinski definition) is 0. The summed E-state index contributed by atoms with van der Waals surface area (Å²) < 4.78 is 5.36. The highest BCUT2D eigenvalue weighted by Gasteiger charge is 2.33. The van der Waals surface area contributed by atoms with Crippen molar-refractivity contribution in [3.8, 4) is 0 Å². The Hall–Kier alpha value is -0.770. The smallest absolute Gasteiger partial charge is 0.410 e. The summed E-state index contributed by atoms with van der Waals surface area (Å²) in [5.41, 5.74) is 0. The van der Waals surface area contributed by atoms with Crippen LogP contribution in [0.2, 0.25) is 0 Å². The first-order valence-corrected chi connectivity index (χ1v) is 8.67. The van der Waals surface area contributed by atoms with Crippen LogP contribution in [0.5, 0.6) is 0 Å². The number of piperazine rings is 1. The van der Waals surface area contributed by atoms with Crippen molar-refractivity contribution in [2.75, 3.05) is 19.6 Å². The van der Waals surface area contributed by atoms with E-state index in [1.165, 1.54) is 32.1 Å². The molecule has 0 radical (unpaired) electrons.